The Morgan fingerprint density at radius 3 is 2.58 bits per heavy atom. The van der Waals surface area contributed by atoms with Crippen molar-refractivity contribution in [3.63, 3.8) is 0 Å². The lowest BCUT2D eigenvalue weighted by Crippen LogP contribution is -2.12. The molecule has 0 spiro atoms. The van der Waals surface area contributed by atoms with Crippen LogP contribution in [0.15, 0.2) is 23.3 Å². The predicted molar refractivity (Wildman–Crippen MR) is 63.8 cm³/mol. The Morgan fingerprint density at radius 1 is 1.47 bits per heavy atom. The molecular formula is C11H7ClF3N3O. The van der Waals surface area contributed by atoms with E-state index in [0.29, 0.717) is 0 Å². The van der Waals surface area contributed by atoms with Crippen LogP contribution in [0.2, 0.25) is 5.02 Å². The first-order chi connectivity index (χ1) is 8.75. The first kappa shape index (κ1) is 15.0. The SMILES string of the molecule is CC(=O)C(C#N)=NNc1ccc(Cl)cc1C(F)(F)F. The van der Waals surface area contributed by atoms with Crippen molar-refractivity contribution in [3.8, 4) is 6.07 Å². The Balaban J connectivity index is 3.16. The number of nitrogens with zero attached hydrogens (tertiary/aromatic N) is 2. The van der Waals surface area contributed by atoms with Crippen molar-refractivity contribution in [1.82, 2.24) is 0 Å². The number of ketones is 1. The molecule has 0 aliphatic carbocycles. The molecule has 0 aliphatic rings. The molecule has 100 valence electrons. The first-order valence-corrected chi connectivity index (χ1v) is 5.25. The number of halogens is 4. The van der Waals surface area contributed by atoms with Crippen LogP contribution >= 0.6 is 11.6 Å². The van der Waals surface area contributed by atoms with Gasteiger partial charge in [-0.2, -0.15) is 23.5 Å². The summed E-state index contributed by atoms with van der Waals surface area (Å²) in [4.78, 5) is 10.9. The van der Waals surface area contributed by atoms with Crippen molar-refractivity contribution >= 4 is 28.8 Å². The van der Waals surface area contributed by atoms with Crippen molar-refractivity contribution in [2.45, 2.75) is 13.1 Å². The average molecular weight is 290 g/mol. The highest BCUT2D eigenvalue weighted by atomic mass is 35.5. The smallest absolute Gasteiger partial charge is 0.292 e. The second-order valence-electron chi connectivity index (χ2n) is 3.43. The maximum atomic E-state index is 12.7. The number of benzene rings is 1. The van der Waals surface area contributed by atoms with Crippen LogP contribution < -0.4 is 5.43 Å². The first-order valence-electron chi connectivity index (χ1n) is 4.87. The Bertz CT molecular complexity index is 576. The Labute approximate surface area is 111 Å². The van der Waals surface area contributed by atoms with Crippen molar-refractivity contribution < 1.29 is 18.0 Å². The maximum absolute atomic E-state index is 12.7. The molecule has 1 aromatic carbocycles. The van der Waals surface area contributed by atoms with Gasteiger partial charge in [-0.05, 0) is 18.2 Å². The van der Waals surface area contributed by atoms with E-state index < -0.39 is 28.9 Å². The van der Waals surface area contributed by atoms with E-state index in [0.717, 1.165) is 19.1 Å². The van der Waals surface area contributed by atoms with Crippen LogP contribution in [0.25, 0.3) is 0 Å². The van der Waals surface area contributed by atoms with E-state index >= 15 is 0 Å². The summed E-state index contributed by atoms with van der Waals surface area (Å²) in [5.41, 5.74) is 0.0857. The van der Waals surface area contributed by atoms with Gasteiger partial charge in [-0.1, -0.05) is 11.6 Å². The van der Waals surface area contributed by atoms with E-state index in [-0.39, 0.29) is 5.02 Å². The van der Waals surface area contributed by atoms with Gasteiger partial charge in [0.15, 0.2) is 5.78 Å². The van der Waals surface area contributed by atoms with Crippen molar-refractivity contribution in [1.29, 1.82) is 5.26 Å². The van der Waals surface area contributed by atoms with Crippen molar-refractivity contribution in [3.05, 3.63) is 28.8 Å². The fourth-order valence-corrected chi connectivity index (χ4v) is 1.32. The predicted octanol–water partition coefficient (Wildman–Crippen LogP) is 3.24. The average Bonchev–Trinajstić information content (AvgIpc) is 2.29. The molecule has 8 heteroatoms. The third-order valence-electron chi connectivity index (χ3n) is 2.01. The van der Waals surface area contributed by atoms with Crippen molar-refractivity contribution in [2.75, 3.05) is 5.43 Å². The minimum absolute atomic E-state index is 0.0890. The lowest BCUT2D eigenvalue weighted by atomic mass is 10.2. The van der Waals surface area contributed by atoms with Gasteiger partial charge in [0, 0.05) is 11.9 Å². The van der Waals surface area contributed by atoms with Gasteiger partial charge in [-0.3, -0.25) is 10.2 Å². The largest absolute Gasteiger partial charge is 0.418 e. The molecule has 1 N–H and O–H groups in total. The van der Waals surface area contributed by atoms with Gasteiger partial charge in [0.25, 0.3) is 0 Å². The number of Topliss-reactive ketones (excluding diaryl/α,β-unsaturated/α-hetero) is 1. The number of hydrazone groups is 1. The number of carbonyl (C=O) groups is 1. The number of hydrogen-bond donors (Lipinski definition) is 1. The highest BCUT2D eigenvalue weighted by Gasteiger charge is 2.33. The lowest BCUT2D eigenvalue weighted by molar-refractivity contribution is -0.137. The number of nitrogens with one attached hydrogen (secondary N) is 1. The summed E-state index contributed by atoms with van der Waals surface area (Å²) in [6, 6.07) is 4.48. The minimum Gasteiger partial charge on any atom is -0.292 e. The second kappa shape index (κ2) is 5.71. The van der Waals surface area contributed by atoms with E-state index in [9.17, 15) is 18.0 Å². The normalized spacial score (nSPS) is 11.9. The zero-order valence-electron chi connectivity index (χ0n) is 9.55. The Kier molecular flexibility index (Phi) is 4.51. The fourth-order valence-electron chi connectivity index (χ4n) is 1.15. The zero-order valence-corrected chi connectivity index (χ0v) is 10.3. The van der Waals surface area contributed by atoms with E-state index in [4.69, 9.17) is 16.9 Å². The van der Waals surface area contributed by atoms with Crippen LogP contribution in [0.4, 0.5) is 18.9 Å². The lowest BCUT2D eigenvalue weighted by Gasteiger charge is -2.12. The Morgan fingerprint density at radius 2 is 2.11 bits per heavy atom. The molecule has 4 nitrogen and oxygen atoms in total. The molecule has 0 amide bonds. The number of carbonyl (C=O) groups excluding carboxylic acids is 1. The van der Waals surface area contributed by atoms with Gasteiger partial charge in [0.05, 0.1) is 11.3 Å². The van der Waals surface area contributed by atoms with Gasteiger partial charge in [-0.25, -0.2) is 0 Å². The molecule has 0 radical (unpaired) electrons. The van der Waals surface area contributed by atoms with E-state index in [1.54, 1.807) is 0 Å². The number of anilines is 1. The topological polar surface area (TPSA) is 65.2 Å². The summed E-state index contributed by atoms with van der Waals surface area (Å²) >= 11 is 5.49. The molecule has 0 fully saturated rings. The van der Waals surface area contributed by atoms with Gasteiger partial charge in [-0.15, -0.1) is 0 Å². The van der Waals surface area contributed by atoms with Crippen LogP contribution in [0, 0.1) is 11.3 Å². The van der Waals surface area contributed by atoms with Gasteiger partial charge in [0.1, 0.15) is 6.07 Å². The standard InChI is InChI=1S/C11H7ClF3N3O/c1-6(19)10(5-16)18-17-9-3-2-7(12)4-8(9)11(13,14)15/h2-4,17H,1H3. The Hall–Kier alpha value is -2.07. The van der Waals surface area contributed by atoms with E-state index in [2.05, 4.69) is 5.10 Å². The third-order valence-corrected chi connectivity index (χ3v) is 2.25. The van der Waals surface area contributed by atoms with Crippen LogP contribution in [-0.4, -0.2) is 11.5 Å². The van der Waals surface area contributed by atoms with Crippen LogP contribution in [-0.2, 0) is 11.0 Å². The molecule has 0 bridgehead atoms. The number of alkyl halides is 3. The molecule has 0 aliphatic heterocycles. The molecular weight excluding hydrogens is 283 g/mol. The van der Waals surface area contributed by atoms with Crippen molar-refractivity contribution in [2.24, 2.45) is 5.10 Å². The molecule has 1 aromatic rings. The molecule has 1 rings (SSSR count). The molecule has 0 heterocycles. The van der Waals surface area contributed by atoms with E-state index in [1.807, 2.05) is 5.43 Å². The number of rotatable bonds is 3. The summed E-state index contributed by atoms with van der Waals surface area (Å²) in [5, 5.41) is 11.8. The summed E-state index contributed by atoms with van der Waals surface area (Å²) < 4.78 is 38.1. The molecule has 0 unspecified atom stereocenters. The highest BCUT2D eigenvalue weighted by Crippen LogP contribution is 2.36. The molecule has 0 saturated heterocycles. The van der Waals surface area contributed by atoms with Crippen LogP contribution in [0.1, 0.15) is 12.5 Å². The van der Waals surface area contributed by atoms with Gasteiger partial charge < -0.3 is 0 Å². The van der Waals surface area contributed by atoms with Gasteiger partial charge >= 0.3 is 6.18 Å². The summed E-state index contributed by atoms with van der Waals surface area (Å²) in [6.07, 6.45) is -4.63. The maximum Gasteiger partial charge on any atom is 0.418 e. The molecule has 19 heavy (non-hydrogen) atoms. The summed E-state index contributed by atoms with van der Waals surface area (Å²) in [5.74, 6) is -0.655. The molecule has 0 saturated carbocycles. The quantitative estimate of drug-likeness (QED) is 0.686. The minimum atomic E-state index is -4.63. The van der Waals surface area contributed by atoms with Crippen LogP contribution in [0.5, 0.6) is 0 Å². The number of hydrogen-bond acceptors (Lipinski definition) is 4. The third kappa shape index (κ3) is 3.96. The van der Waals surface area contributed by atoms with E-state index in [1.165, 1.54) is 12.1 Å². The number of nitriles is 1. The summed E-state index contributed by atoms with van der Waals surface area (Å²) in [7, 11) is 0. The molecule has 0 atom stereocenters. The fraction of sp³-hybridized carbons (Fsp3) is 0.182. The molecule has 0 aromatic heterocycles. The van der Waals surface area contributed by atoms with Crippen LogP contribution in [0.3, 0.4) is 0 Å². The highest BCUT2D eigenvalue weighted by molar-refractivity contribution is 6.45. The monoisotopic (exact) mass is 289 g/mol. The second-order valence-corrected chi connectivity index (χ2v) is 3.86. The van der Waals surface area contributed by atoms with Gasteiger partial charge in [0.2, 0.25) is 5.71 Å². The summed E-state index contributed by atoms with van der Waals surface area (Å²) in [6.45, 7) is 1.08. The zero-order chi connectivity index (χ0) is 14.6.